The normalized spacial score (nSPS) is 11.2. The lowest BCUT2D eigenvalue weighted by atomic mass is 10.2. The highest BCUT2D eigenvalue weighted by Crippen LogP contribution is 2.15. The summed E-state index contributed by atoms with van der Waals surface area (Å²) in [5, 5.41) is 4.28. The molecule has 3 amide bonds. The largest absolute Gasteiger partial charge is 0.489 e. The average Bonchev–Trinajstić information content (AvgIpc) is 2.67. The van der Waals surface area contributed by atoms with Crippen molar-refractivity contribution in [1.29, 1.82) is 0 Å². The minimum atomic E-state index is -1.10. The predicted octanol–water partition coefficient (Wildman–Crippen LogP) is 2.27. The van der Waals surface area contributed by atoms with Gasteiger partial charge >= 0.3 is 12.0 Å². The molecule has 0 aliphatic heterocycles. The molecule has 2 aromatic rings. The van der Waals surface area contributed by atoms with E-state index in [1.807, 2.05) is 35.6 Å². The molecule has 2 N–H and O–H groups in total. The van der Waals surface area contributed by atoms with Crippen LogP contribution in [0.25, 0.3) is 0 Å². The number of ether oxygens (including phenoxy) is 2. The molecule has 26 heavy (non-hydrogen) atoms. The van der Waals surface area contributed by atoms with Crippen LogP contribution in [0.15, 0.2) is 54.6 Å². The maximum absolute atomic E-state index is 12.1. The number of amides is 3. The van der Waals surface area contributed by atoms with Crippen LogP contribution >= 0.6 is 0 Å². The van der Waals surface area contributed by atoms with Gasteiger partial charge in [0.15, 0.2) is 6.10 Å². The quantitative estimate of drug-likeness (QED) is 0.775. The molecule has 0 aliphatic rings. The molecule has 0 spiro atoms. The van der Waals surface area contributed by atoms with E-state index in [0.29, 0.717) is 12.4 Å². The van der Waals surface area contributed by atoms with Crippen molar-refractivity contribution < 1.29 is 23.9 Å². The van der Waals surface area contributed by atoms with Crippen LogP contribution in [0, 0.1) is 0 Å². The van der Waals surface area contributed by atoms with Gasteiger partial charge in [-0.05, 0) is 36.8 Å². The van der Waals surface area contributed by atoms with Crippen LogP contribution in [-0.2, 0) is 16.1 Å². The van der Waals surface area contributed by atoms with Crippen molar-refractivity contribution >= 4 is 17.9 Å². The Hall–Kier alpha value is -3.35. The first-order valence-electron chi connectivity index (χ1n) is 8.00. The van der Waals surface area contributed by atoms with Crippen molar-refractivity contribution in [2.24, 2.45) is 0 Å². The molecule has 0 heterocycles. The Labute approximate surface area is 151 Å². The van der Waals surface area contributed by atoms with E-state index in [1.165, 1.54) is 14.0 Å². The number of imide groups is 1. The summed E-state index contributed by atoms with van der Waals surface area (Å²) in [6.07, 6.45) is -1.10. The smallest absolute Gasteiger partial charge is 0.338 e. The Morgan fingerprint density at radius 3 is 2.27 bits per heavy atom. The van der Waals surface area contributed by atoms with Gasteiger partial charge in [-0.25, -0.2) is 9.59 Å². The number of hydrogen-bond donors (Lipinski definition) is 2. The van der Waals surface area contributed by atoms with Crippen LogP contribution in [0.3, 0.4) is 0 Å². The van der Waals surface area contributed by atoms with Crippen molar-refractivity contribution in [3.63, 3.8) is 0 Å². The molecule has 7 nitrogen and oxygen atoms in total. The summed E-state index contributed by atoms with van der Waals surface area (Å²) in [6, 6.07) is 15.4. The molecule has 0 aromatic heterocycles. The highest BCUT2D eigenvalue weighted by Gasteiger charge is 2.20. The third kappa shape index (κ3) is 5.62. The Bertz CT molecular complexity index is 759. The second kappa shape index (κ2) is 9.22. The molecule has 0 saturated carbocycles. The van der Waals surface area contributed by atoms with Gasteiger partial charge < -0.3 is 14.8 Å². The van der Waals surface area contributed by atoms with Gasteiger partial charge in [0.25, 0.3) is 5.91 Å². The summed E-state index contributed by atoms with van der Waals surface area (Å²) in [5.41, 5.74) is 1.31. The molecule has 136 valence electrons. The van der Waals surface area contributed by atoms with Crippen molar-refractivity contribution in [3.8, 4) is 5.75 Å². The third-order valence-electron chi connectivity index (χ3n) is 3.46. The lowest BCUT2D eigenvalue weighted by molar-refractivity contribution is -0.127. The minimum Gasteiger partial charge on any atom is -0.489 e. The standard InChI is InChI=1S/C19H20N2O5/c1-13(17(22)21-19(24)20-2)26-18(23)15-8-10-16(11-9-15)25-12-14-6-4-3-5-7-14/h3-11,13H,12H2,1-2H3,(H2,20,21,22,24)/t13-/m0/s1. The average molecular weight is 356 g/mol. The van der Waals surface area contributed by atoms with E-state index in [9.17, 15) is 14.4 Å². The number of carbonyl (C=O) groups is 3. The third-order valence-corrected chi connectivity index (χ3v) is 3.46. The van der Waals surface area contributed by atoms with Crippen LogP contribution in [0.4, 0.5) is 4.79 Å². The molecule has 2 rings (SSSR count). The number of benzene rings is 2. The SMILES string of the molecule is CNC(=O)NC(=O)[C@H](C)OC(=O)c1ccc(OCc2ccccc2)cc1. The summed E-state index contributed by atoms with van der Waals surface area (Å²) in [4.78, 5) is 34.8. The predicted molar refractivity (Wildman–Crippen MR) is 94.7 cm³/mol. The minimum absolute atomic E-state index is 0.275. The zero-order chi connectivity index (χ0) is 18.9. The fraction of sp³-hybridized carbons (Fsp3) is 0.211. The highest BCUT2D eigenvalue weighted by molar-refractivity contribution is 5.98. The van der Waals surface area contributed by atoms with Crippen molar-refractivity contribution in [2.45, 2.75) is 19.6 Å². The van der Waals surface area contributed by atoms with Crippen LogP contribution in [0.1, 0.15) is 22.8 Å². The Balaban J connectivity index is 1.87. The molecular formula is C19H20N2O5. The Kier molecular flexibility index (Phi) is 6.73. The second-order valence-corrected chi connectivity index (χ2v) is 5.41. The first-order valence-corrected chi connectivity index (χ1v) is 8.00. The van der Waals surface area contributed by atoms with E-state index in [4.69, 9.17) is 9.47 Å². The molecule has 0 radical (unpaired) electrons. The monoisotopic (exact) mass is 356 g/mol. The van der Waals surface area contributed by atoms with Crippen LogP contribution < -0.4 is 15.4 Å². The van der Waals surface area contributed by atoms with E-state index < -0.39 is 24.0 Å². The second-order valence-electron chi connectivity index (χ2n) is 5.41. The van der Waals surface area contributed by atoms with Gasteiger partial charge in [0.2, 0.25) is 0 Å². The summed E-state index contributed by atoms with van der Waals surface area (Å²) in [5.74, 6) is -0.768. The van der Waals surface area contributed by atoms with Crippen LogP contribution in [0.5, 0.6) is 5.75 Å². The molecule has 0 saturated heterocycles. The molecule has 7 heteroatoms. The highest BCUT2D eigenvalue weighted by atomic mass is 16.5. The Morgan fingerprint density at radius 2 is 1.65 bits per heavy atom. The van der Waals surface area contributed by atoms with Crippen molar-refractivity contribution in [2.75, 3.05) is 7.05 Å². The maximum atomic E-state index is 12.1. The fourth-order valence-electron chi connectivity index (χ4n) is 1.99. The van der Waals surface area contributed by atoms with Gasteiger partial charge in [0.1, 0.15) is 12.4 Å². The van der Waals surface area contributed by atoms with Crippen LogP contribution in [0.2, 0.25) is 0 Å². The number of esters is 1. The van der Waals surface area contributed by atoms with E-state index >= 15 is 0 Å². The van der Waals surface area contributed by atoms with E-state index in [1.54, 1.807) is 24.3 Å². The first-order chi connectivity index (χ1) is 12.5. The summed E-state index contributed by atoms with van der Waals surface area (Å²) >= 11 is 0. The van der Waals surface area contributed by atoms with Gasteiger partial charge in [-0.15, -0.1) is 0 Å². The number of carbonyl (C=O) groups excluding carboxylic acids is 3. The van der Waals surface area contributed by atoms with Gasteiger partial charge in [0, 0.05) is 7.05 Å². The molecule has 0 aliphatic carbocycles. The summed E-state index contributed by atoms with van der Waals surface area (Å²) in [6.45, 7) is 1.80. The summed E-state index contributed by atoms with van der Waals surface area (Å²) in [7, 11) is 1.38. The molecule has 0 bridgehead atoms. The lowest BCUT2D eigenvalue weighted by Gasteiger charge is -2.13. The van der Waals surface area contributed by atoms with E-state index in [2.05, 4.69) is 5.32 Å². The van der Waals surface area contributed by atoms with Gasteiger partial charge in [-0.1, -0.05) is 30.3 Å². The topological polar surface area (TPSA) is 93.7 Å². The molecular weight excluding hydrogens is 336 g/mol. The first kappa shape index (κ1) is 19.0. The molecule has 0 unspecified atom stereocenters. The lowest BCUT2D eigenvalue weighted by Crippen LogP contribution is -2.43. The number of urea groups is 1. The Morgan fingerprint density at radius 1 is 1.00 bits per heavy atom. The van der Waals surface area contributed by atoms with E-state index in [0.717, 1.165) is 5.56 Å². The van der Waals surface area contributed by atoms with Gasteiger partial charge in [0.05, 0.1) is 5.56 Å². The molecule has 1 atom stereocenters. The zero-order valence-corrected chi connectivity index (χ0v) is 14.5. The van der Waals surface area contributed by atoms with Crippen molar-refractivity contribution in [1.82, 2.24) is 10.6 Å². The van der Waals surface area contributed by atoms with Crippen LogP contribution in [-0.4, -0.2) is 31.1 Å². The molecule has 2 aromatic carbocycles. The van der Waals surface area contributed by atoms with Gasteiger partial charge in [-0.2, -0.15) is 0 Å². The number of rotatable bonds is 6. The zero-order valence-electron chi connectivity index (χ0n) is 14.5. The van der Waals surface area contributed by atoms with Crippen molar-refractivity contribution in [3.05, 3.63) is 65.7 Å². The molecule has 0 fully saturated rings. The van der Waals surface area contributed by atoms with Gasteiger partial charge in [-0.3, -0.25) is 10.1 Å². The summed E-state index contributed by atoms with van der Waals surface area (Å²) < 4.78 is 10.7. The fourth-order valence-corrected chi connectivity index (χ4v) is 1.99. The number of nitrogens with one attached hydrogen (secondary N) is 2. The maximum Gasteiger partial charge on any atom is 0.338 e. The number of hydrogen-bond acceptors (Lipinski definition) is 5. The van der Waals surface area contributed by atoms with E-state index in [-0.39, 0.29) is 5.56 Å².